The lowest BCUT2D eigenvalue weighted by Gasteiger charge is -2.23. The third-order valence-electron chi connectivity index (χ3n) is 5.15. The highest BCUT2D eigenvalue weighted by Crippen LogP contribution is 2.24. The lowest BCUT2D eigenvalue weighted by molar-refractivity contribution is 0.0816. The Morgan fingerprint density at radius 2 is 1.79 bits per heavy atom. The van der Waals surface area contributed by atoms with Crippen molar-refractivity contribution in [1.82, 2.24) is 0 Å². The molecule has 1 fully saturated rings. The molecule has 0 amide bonds. The second-order valence-electron chi connectivity index (χ2n) is 7.04. The molecule has 1 saturated heterocycles. The molecule has 144 valence electrons. The minimum atomic E-state index is 0.351. The molecular formula is C24H25NO3. The van der Waals surface area contributed by atoms with Crippen LogP contribution in [0.25, 0.3) is 10.8 Å². The molecule has 0 bridgehead atoms. The molecule has 3 aromatic rings. The van der Waals surface area contributed by atoms with Gasteiger partial charge in [-0.25, -0.2) is 0 Å². The van der Waals surface area contributed by atoms with Crippen LogP contribution in [0.3, 0.4) is 0 Å². The van der Waals surface area contributed by atoms with Crippen molar-refractivity contribution in [2.24, 2.45) is 11.1 Å². The standard InChI is InChI=1S/C24H25NO3/c1-26-25-24(20-11-13-27-14-12-20)22-7-4-8-23(16-22)28-17-18-9-10-19-5-2-3-6-21(19)15-18/h2-10,15-16,20H,11-14,17H2,1H3/b25-24+. The predicted octanol–water partition coefficient (Wildman–Crippen LogP) is 5.20. The van der Waals surface area contributed by atoms with Crippen LogP contribution in [-0.4, -0.2) is 26.0 Å². The van der Waals surface area contributed by atoms with Crippen LogP contribution < -0.4 is 4.74 Å². The highest BCUT2D eigenvalue weighted by Gasteiger charge is 2.22. The Bertz CT molecular complexity index is 961. The lowest BCUT2D eigenvalue weighted by atomic mass is 9.90. The predicted molar refractivity (Wildman–Crippen MR) is 112 cm³/mol. The maximum Gasteiger partial charge on any atom is 0.120 e. The number of hydrogen-bond donors (Lipinski definition) is 0. The van der Waals surface area contributed by atoms with Crippen molar-refractivity contribution >= 4 is 16.5 Å². The van der Waals surface area contributed by atoms with Crippen molar-refractivity contribution in [1.29, 1.82) is 0 Å². The molecule has 0 aliphatic carbocycles. The summed E-state index contributed by atoms with van der Waals surface area (Å²) in [5.41, 5.74) is 3.17. The summed E-state index contributed by atoms with van der Waals surface area (Å²) in [6.07, 6.45) is 1.93. The molecule has 1 aliphatic heterocycles. The smallest absolute Gasteiger partial charge is 0.120 e. The van der Waals surface area contributed by atoms with E-state index in [1.165, 1.54) is 10.8 Å². The molecule has 0 unspecified atom stereocenters. The monoisotopic (exact) mass is 375 g/mol. The minimum Gasteiger partial charge on any atom is -0.489 e. The summed E-state index contributed by atoms with van der Waals surface area (Å²) < 4.78 is 11.6. The quantitative estimate of drug-likeness (QED) is 0.439. The first-order chi connectivity index (χ1) is 13.8. The SMILES string of the molecule is CO/N=C(/c1cccc(OCc2ccc3ccccc3c2)c1)C1CCOCC1. The van der Waals surface area contributed by atoms with Crippen LogP contribution in [0.1, 0.15) is 24.0 Å². The number of ether oxygens (including phenoxy) is 2. The fourth-order valence-corrected chi connectivity index (χ4v) is 3.67. The largest absolute Gasteiger partial charge is 0.489 e. The molecule has 0 spiro atoms. The molecule has 1 heterocycles. The van der Waals surface area contributed by atoms with Gasteiger partial charge in [-0.1, -0.05) is 53.7 Å². The zero-order chi connectivity index (χ0) is 19.2. The first-order valence-corrected chi connectivity index (χ1v) is 9.73. The van der Waals surface area contributed by atoms with Crippen LogP contribution in [0.5, 0.6) is 5.75 Å². The third-order valence-corrected chi connectivity index (χ3v) is 5.15. The first-order valence-electron chi connectivity index (χ1n) is 9.73. The number of benzene rings is 3. The van der Waals surface area contributed by atoms with Crippen molar-refractivity contribution in [2.45, 2.75) is 19.4 Å². The van der Waals surface area contributed by atoms with Gasteiger partial charge in [-0.2, -0.15) is 0 Å². The number of rotatable bonds is 6. The van der Waals surface area contributed by atoms with Crippen LogP contribution in [0.15, 0.2) is 71.9 Å². The summed E-state index contributed by atoms with van der Waals surface area (Å²) in [5, 5.41) is 6.79. The van der Waals surface area contributed by atoms with Crippen LogP contribution in [0, 0.1) is 5.92 Å². The van der Waals surface area contributed by atoms with Gasteiger partial charge < -0.3 is 14.3 Å². The van der Waals surface area contributed by atoms with Gasteiger partial charge in [-0.3, -0.25) is 0 Å². The zero-order valence-corrected chi connectivity index (χ0v) is 16.1. The molecule has 3 aromatic carbocycles. The number of hydrogen-bond acceptors (Lipinski definition) is 4. The molecule has 4 heteroatoms. The lowest BCUT2D eigenvalue weighted by Crippen LogP contribution is -2.24. The van der Waals surface area contributed by atoms with E-state index < -0.39 is 0 Å². The summed E-state index contributed by atoms with van der Waals surface area (Å²) in [5.74, 6) is 1.19. The third kappa shape index (κ3) is 4.34. The zero-order valence-electron chi connectivity index (χ0n) is 16.1. The second-order valence-corrected chi connectivity index (χ2v) is 7.04. The molecule has 0 N–H and O–H groups in total. The van der Waals surface area contributed by atoms with Gasteiger partial charge in [0.05, 0.1) is 5.71 Å². The van der Waals surface area contributed by atoms with Crippen LogP contribution >= 0.6 is 0 Å². The molecule has 0 radical (unpaired) electrons. The van der Waals surface area contributed by atoms with Crippen molar-refractivity contribution in [3.05, 3.63) is 77.9 Å². The Balaban J connectivity index is 1.50. The van der Waals surface area contributed by atoms with Gasteiger partial charge in [0, 0.05) is 24.7 Å². The topological polar surface area (TPSA) is 40.0 Å². The Kier molecular flexibility index (Phi) is 5.88. The van der Waals surface area contributed by atoms with E-state index in [2.05, 4.69) is 53.7 Å². The molecule has 0 saturated carbocycles. The molecule has 4 nitrogen and oxygen atoms in total. The van der Waals surface area contributed by atoms with E-state index in [9.17, 15) is 0 Å². The Morgan fingerprint density at radius 1 is 0.964 bits per heavy atom. The van der Waals surface area contributed by atoms with Crippen molar-refractivity contribution in [2.75, 3.05) is 20.3 Å². The van der Waals surface area contributed by atoms with E-state index in [1.54, 1.807) is 7.11 Å². The van der Waals surface area contributed by atoms with Crippen molar-refractivity contribution < 1.29 is 14.3 Å². The molecule has 0 atom stereocenters. The fourth-order valence-electron chi connectivity index (χ4n) is 3.67. The summed E-state index contributed by atoms with van der Waals surface area (Å²) >= 11 is 0. The van der Waals surface area contributed by atoms with Crippen LogP contribution in [-0.2, 0) is 16.2 Å². The Hall–Kier alpha value is -2.85. The minimum absolute atomic E-state index is 0.351. The summed E-state index contributed by atoms with van der Waals surface area (Å²) in [6.45, 7) is 2.07. The maximum absolute atomic E-state index is 6.08. The number of nitrogens with zero attached hydrogens (tertiary/aromatic N) is 1. The summed E-state index contributed by atoms with van der Waals surface area (Å²) in [7, 11) is 1.60. The van der Waals surface area contributed by atoms with E-state index in [1.807, 2.05) is 18.2 Å². The Morgan fingerprint density at radius 3 is 2.61 bits per heavy atom. The molecule has 28 heavy (non-hydrogen) atoms. The normalized spacial score (nSPS) is 15.5. The highest BCUT2D eigenvalue weighted by molar-refractivity contribution is 6.02. The average molecular weight is 375 g/mol. The second kappa shape index (κ2) is 8.89. The van der Waals surface area contributed by atoms with Gasteiger partial charge >= 0.3 is 0 Å². The molecule has 4 rings (SSSR count). The first kappa shape index (κ1) is 18.5. The van der Waals surface area contributed by atoms with E-state index in [0.29, 0.717) is 12.5 Å². The van der Waals surface area contributed by atoms with Gasteiger partial charge in [-0.15, -0.1) is 0 Å². The Labute approximate surface area is 165 Å². The van der Waals surface area contributed by atoms with Crippen LogP contribution in [0.4, 0.5) is 0 Å². The van der Waals surface area contributed by atoms with E-state index in [4.69, 9.17) is 14.3 Å². The number of fused-ring (bicyclic) bond motifs is 1. The van der Waals surface area contributed by atoms with E-state index in [0.717, 1.165) is 48.6 Å². The van der Waals surface area contributed by atoms with E-state index in [-0.39, 0.29) is 0 Å². The molecule has 0 aromatic heterocycles. The average Bonchev–Trinajstić information content (AvgIpc) is 2.77. The van der Waals surface area contributed by atoms with Crippen LogP contribution in [0.2, 0.25) is 0 Å². The summed E-state index contributed by atoms with van der Waals surface area (Å²) in [4.78, 5) is 5.13. The number of oxime groups is 1. The van der Waals surface area contributed by atoms with Crippen molar-refractivity contribution in [3.63, 3.8) is 0 Å². The van der Waals surface area contributed by atoms with Gasteiger partial charge in [0.15, 0.2) is 0 Å². The highest BCUT2D eigenvalue weighted by atomic mass is 16.6. The molecular weight excluding hydrogens is 350 g/mol. The van der Waals surface area contributed by atoms with Gasteiger partial charge in [0.25, 0.3) is 0 Å². The maximum atomic E-state index is 6.08. The van der Waals surface area contributed by atoms with Gasteiger partial charge in [-0.05, 0) is 47.4 Å². The summed E-state index contributed by atoms with van der Waals surface area (Å²) in [6, 6.07) is 22.9. The van der Waals surface area contributed by atoms with Crippen molar-refractivity contribution in [3.8, 4) is 5.75 Å². The van der Waals surface area contributed by atoms with Gasteiger partial charge in [0.1, 0.15) is 19.5 Å². The fraction of sp³-hybridized carbons (Fsp3) is 0.292. The molecule has 1 aliphatic rings. The van der Waals surface area contributed by atoms with Gasteiger partial charge in [0.2, 0.25) is 0 Å². The van der Waals surface area contributed by atoms with E-state index >= 15 is 0 Å².